The molecule has 4 rings (SSSR count). The molecule has 2 aromatic rings. The Bertz CT molecular complexity index is 1050. The lowest BCUT2D eigenvalue weighted by atomic mass is 10.1. The Morgan fingerprint density at radius 3 is 2.85 bits per heavy atom. The number of benzene rings is 2. The first-order valence-electron chi connectivity index (χ1n) is 7.86. The van der Waals surface area contributed by atoms with Crippen LogP contribution in [0.2, 0.25) is 0 Å². The second-order valence-corrected chi connectivity index (χ2v) is 7.31. The molecule has 2 aromatic carbocycles. The lowest BCUT2D eigenvalue weighted by molar-refractivity contribution is -0.116. The highest BCUT2D eigenvalue weighted by molar-refractivity contribution is 9.10. The van der Waals surface area contributed by atoms with Gasteiger partial charge in [0.05, 0.1) is 12.5 Å². The number of para-hydroxylation sites is 1. The normalized spacial score (nSPS) is 18.3. The molecule has 1 atom stereocenters. The Labute approximate surface area is 162 Å². The summed E-state index contributed by atoms with van der Waals surface area (Å²) >= 11 is 4.97. The standard InChI is InChI=1S/C18H15BrN4O2S/c1-25-10-7-8-13(19)12(9-10)16-20-14-6-4-3-5-11(14)15-17(24)21-18(26-2)22-23(15)16/h3-9,16H,1-2H3,(H,21,22,24)/t16-/m0/s1. The monoisotopic (exact) mass is 430 g/mol. The number of rotatable bonds is 2. The van der Waals surface area contributed by atoms with Crippen molar-refractivity contribution in [1.82, 2.24) is 10.3 Å². The molecule has 0 saturated heterocycles. The average molecular weight is 431 g/mol. The Kier molecular flexibility index (Phi) is 4.46. The fourth-order valence-corrected chi connectivity index (χ4v) is 3.78. The topological polar surface area (TPSA) is 66.3 Å². The van der Waals surface area contributed by atoms with E-state index >= 15 is 0 Å². The van der Waals surface area contributed by atoms with Gasteiger partial charge in [0.25, 0.3) is 5.91 Å². The summed E-state index contributed by atoms with van der Waals surface area (Å²) in [6.45, 7) is 0. The third kappa shape index (κ3) is 2.79. The molecule has 0 fully saturated rings. The molecule has 8 heteroatoms. The van der Waals surface area contributed by atoms with Gasteiger partial charge in [-0.3, -0.25) is 15.1 Å². The van der Waals surface area contributed by atoms with E-state index < -0.39 is 6.17 Å². The molecule has 0 aliphatic carbocycles. The van der Waals surface area contributed by atoms with Gasteiger partial charge < -0.3 is 4.74 Å². The van der Waals surface area contributed by atoms with E-state index in [-0.39, 0.29) is 5.91 Å². The Morgan fingerprint density at radius 1 is 1.27 bits per heavy atom. The summed E-state index contributed by atoms with van der Waals surface area (Å²) in [5.74, 6) is 0.532. The molecule has 0 saturated carbocycles. The molecule has 1 amide bonds. The maximum Gasteiger partial charge on any atom is 0.276 e. The van der Waals surface area contributed by atoms with Gasteiger partial charge in [0.15, 0.2) is 11.3 Å². The highest BCUT2D eigenvalue weighted by Gasteiger charge is 2.35. The molecular formula is C18H15BrN4O2S. The molecule has 0 radical (unpaired) electrons. The first-order valence-corrected chi connectivity index (χ1v) is 9.88. The summed E-state index contributed by atoms with van der Waals surface area (Å²) in [6, 6.07) is 13.3. The molecular weight excluding hydrogens is 416 g/mol. The van der Waals surface area contributed by atoms with E-state index in [1.165, 1.54) is 11.8 Å². The van der Waals surface area contributed by atoms with Crippen molar-refractivity contribution in [1.29, 1.82) is 0 Å². The number of nitrogens with one attached hydrogen (secondary N) is 1. The van der Waals surface area contributed by atoms with Gasteiger partial charge in [0.1, 0.15) is 11.4 Å². The maximum absolute atomic E-state index is 12.8. The summed E-state index contributed by atoms with van der Waals surface area (Å²) in [4.78, 5) is 17.6. The van der Waals surface area contributed by atoms with E-state index in [1.807, 2.05) is 48.7 Å². The lowest BCUT2D eigenvalue weighted by Gasteiger charge is -2.34. The zero-order chi connectivity index (χ0) is 18.3. The van der Waals surface area contributed by atoms with Crippen LogP contribution in [0.4, 0.5) is 0 Å². The molecule has 0 aromatic heterocycles. The van der Waals surface area contributed by atoms with Gasteiger partial charge in [-0.05, 0) is 30.5 Å². The molecule has 132 valence electrons. The van der Waals surface area contributed by atoms with Crippen LogP contribution in [0.5, 0.6) is 5.75 Å². The molecule has 1 N–H and O–H groups in total. The largest absolute Gasteiger partial charge is 0.497 e. The maximum atomic E-state index is 12.8. The van der Waals surface area contributed by atoms with Gasteiger partial charge in [0.2, 0.25) is 0 Å². The van der Waals surface area contributed by atoms with Crippen molar-refractivity contribution in [3.63, 3.8) is 0 Å². The van der Waals surface area contributed by atoms with Gasteiger partial charge in [-0.15, -0.1) is 5.10 Å². The van der Waals surface area contributed by atoms with Crippen LogP contribution in [0.3, 0.4) is 0 Å². The number of thioether (sulfide) groups is 1. The molecule has 0 unspecified atom stereocenters. The van der Waals surface area contributed by atoms with E-state index in [2.05, 4.69) is 26.3 Å². The fraction of sp³-hybridized carbons (Fsp3) is 0.167. The number of hydrogen-bond acceptors (Lipinski definition) is 6. The minimum Gasteiger partial charge on any atom is -0.497 e. The SMILES string of the molecule is COc1ccc(Br)c([C@H]2N=c3ccccc3=C3C(=O)NC(SC)=NN32)c1. The summed E-state index contributed by atoms with van der Waals surface area (Å²) in [5.41, 5.74) is 1.36. The molecule has 2 aliphatic rings. The van der Waals surface area contributed by atoms with E-state index in [4.69, 9.17) is 9.73 Å². The molecule has 0 bridgehead atoms. The quantitative estimate of drug-likeness (QED) is 0.790. The second-order valence-electron chi connectivity index (χ2n) is 5.66. The van der Waals surface area contributed by atoms with Crippen LogP contribution in [-0.4, -0.2) is 29.4 Å². The predicted octanol–water partition coefficient (Wildman–Crippen LogP) is 1.96. The second kappa shape index (κ2) is 6.77. The van der Waals surface area contributed by atoms with Gasteiger partial charge in [-0.2, -0.15) is 0 Å². The van der Waals surface area contributed by atoms with Crippen LogP contribution in [0.25, 0.3) is 5.70 Å². The zero-order valence-corrected chi connectivity index (χ0v) is 16.5. The number of carbonyl (C=O) groups excluding carboxylic acids is 1. The Morgan fingerprint density at radius 2 is 2.08 bits per heavy atom. The van der Waals surface area contributed by atoms with Crippen molar-refractivity contribution in [2.45, 2.75) is 6.17 Å². The highest BCUT2D eigenvalue weighted by Crippen LogP contribution is 2.36. The van der Waals surface area contributed by atoms with Crippen LogP contribution in [0.1, 0.15) is 11.7 Å². The zero-order valence-electron chi connectivity index (χ0n) is 14.1. The first-order chi connectivity index (χ1) is 12.6. The smallest absolute Gasteiger partial charge is 0.276 e. The Balaban J connectivity index is 2.00. The van der Waals surface area contributed by atoms with E-state index in [1.54, 1.807) is 12.1 Å². The van der Waals surface area contributed by atoms with Crippen LogP contribution < -0.4 is 20.6 Å². The number of methoxy groups -OCH3 is 1. The van der Waals surface area contributed by atoms with E-state index in [0.717, 1.165) is 20.6 Å². The summed E-state index contributed by atoms with van der Waals surface area (Å²) in [7, 11) is 1.62. The van der Waals surface area contributed by atoms with Crippen LogP contribution >= 0.6 is 27.7 Å². The van der Waals surface area contributed by atoms with Crippen molar-refractivity contribution in [3.05, 3.63) is 63.1 Å². The predicted molar refractivity (Wildman–Crippen MR) is 105 cm³/mol. The Hall–Kier alpha value is -2.32. The molecule has 2 heterocycles. The number of amides is 1. The minimum atomic E-state index is -0.474. The number of hydrazone groups is 1. The summed E-state index contributed by atoms with van der Waals surface area (Å²) < 4.78 is 6.24. The number of nitrogens with zero attached hydrogens (tertiary/aromatic N) is 3. The lowest BCUT2D eigenvalue weighted by Crippen LogP contribution is -2.50. The van der Waals surface area contributed by atoms with Gasteiger partial charge in [-0.1, -0.05) is 45.9 Å². The van der Waals surface area contributed by atoms with Crippen molar-refractivity contribution < 1.29 is 9.53 Å². The number of amidine groups is 1. The molecule has 6 nitrogen and oxygen atoms in total. The first kappa shape index (κ1) is 17.1. The number of halogens is 1. The third-order valence-corrected chi connectivity index (χ3v) is 5.48. The van der Waals surface area contributed by atoms with E-state index in [9.17, 15) is 4.79 Å². The highest BCUT2D eigenvalue weighted by atomic mass is 79.9. The molecule has 2 aliphatic heterocycles. The van der Waals surface area contributed by atoms with Gasteiger partial charge in [0, 0.05) is 15.3 Å². The summed E-state index contributed by atoms with van der Waals surface area (Å²) in [5, 5.41) is 11.2. The molecule has 26 heavy (non-hydrogen) atoms. The average Bonchev–Trinajstić information content (AvgIpc) is 2.67. The van der Waals surface area contributed by atoms with Crippen molar-refractivity contribution in [3.8, 4) is 5.75 Å². The van der Waals surface area contributed by atoms with Crippen LogP contribution in [-0.2, 0) is 4.79 Å². The van der Waals surface area contributed by atoms with Gasteiger partial charge in [-0.25, -0.2) is 5.01 Å². The van der Waals surface area contributed by atoms with Crippen molar-refractivity contribution in [2.24, 2.45) is 10.1 Å². The van der Waals surface area contributed by atoms with Crippen molar-refractivity contribution in [2.75, 3.05) is 13.4 Å². The van der Waals surface area contributed by atoms with Crippen molar-refractivity contribution >= 4 is 44.5 Å². The number of ether oxygens (including phenoxy) is 1. The minimum absolute atomic E-state index is 0.185. The third-order valence-electron chi connectivity index (χ3n) is 4.19. The number of hydrogen-bond donors (Lipinski definition) is 1. The number of fused-ring (bicyclic) bond motifs is 2. The van der Waals surface area contributed by atoms with Crippen LogP contribution in [0, 0.1) is 0 Å². The van der Waals surface area contributed by atoms with E-state index in [0.29, 0.717) is 16.6 Å². The van der Waals surface area contributed by atoms with Gasteiger partial charge >= 0.3 is 0 Å². The fourth-order valence-electron chi connectivity index (χ4n) is 2.97. The number of carbonyl (C=O) groups is 1. The molecule has 0 spiro atoms. The summed E-state index contributed by atoms with van der Waals surface area (Å²) in [6.07, 6.45) is 1.40. The van der Waals surface area contributed by atoms with Crippen LogP contribution in [0.15, 0.2) is 57.0 Å².